The number of likely N-dealkylation sites (tertiary alicyclic amines) is 1. The molecule has 0 aliphatic carbocycles. The van der Waals surface area contributed by atoms with E-state index in [1.54, 1.807) is 12.0 Å². The smallest absolute Gasteiger partial charge is 0.332 e. The van der Waals surface area contributed by atoms with E-state index >= 15 is 0 Å². The summed E-state index contributed by atoms with van der Waals surface area (Å²) in [6, 6.07) is 7.44. The molecule has 1 aromatic carbocycles. The first-order valence-corrected chi connectivity index (χ1v) is 7.99. The van der Waals surface area contributed by atoms with Crippen molar-refractivity contribution in [1.29, 1.82) is 0 Å². The Bertz CT molecular complexity index is 662. The minimum Gasteiger partial charge on any atom is -0.497 e. The largest absolute Gasteiger partial charge is 0.497 e. The minimum atomic E-state index is -1.06. The van der Waals surface area contributed by atoms with E-state index in [0.717, 1.165) is 11.3 Å². The number of carbonyl (C=O) groups excluding carboxylic acids is 2. The van der Waals surface area contributed by atoms with Crippen LogP contribution in [0.4, 0.5) is 0 Å². The molecule has 24 heavy (non-hydrogen) atoms. The number of hydrogen-bond acceptors (Lipinski definition) is 4. The van der Waals surface area contributed by atoms with Gasteiger partial charge in [-0.15, -0.1) is 0 Å². The van der Waals surface area contributed by atoms with E-state index in [0.29, 0.717) is 18.5 Å². The molecule has 130 valence electrons. The van der Waals surface area contributed by atoms with Gasteiger partial charge in [0.1, 0.15) is 11.3 Å². The van der Waals surface area contributed by atoms with Crippen LogP contribution in [0.5, 0.6) is 5.75 Å². The maximum atomic E-state index is 12.8. The van der Waals surface area contributed by atoms with Crippen LogP contribution in [0, 0.1) is 5.41 Å². The zero-order chi connectivity index (χ0) is 18.1. The number of amides is 1. The van der Waals surface area contributed by atoms with E-state index in [9.17, 15) is 9.59 Å². The summed E-state index contributed by atoms with van der Waals surface area (Å²) in [5.74, 6) is 0.129. The number of rotatable bonds is 5. The van der Waals surface area contributed by atoms with Crippen molar-refractivity contribution in [1.82, 2.24) is 4.90 Å². The van der Waals surface area contributed by atoms with Crippen LogP contribution in [0.25, 0.3) is 0 Å². The van der Waals surface area contributed by atoms with Gasteiger partial charge in [-0.3, -0.25) is 4.79 Å². The summed E-state index contributed by atoms with van der Waals surface area (Å²) < 4.78 is 10.2. The molecule has 1 fully saturated rings. The van der Waals surface area contributed by atoms with Crippen molar-refractivity contribution in [2.24, 2.45) is 5.41 Å². The topological polar surface area (TPSA) is 55.8 Å². The van der Waals surface area contributed by atoms with E-state index in [1.807, 2.05) is 45.0 Å². The SMILES string of the molecule is C=C1C(=O)N(Cc2ccc(OC)cc2)C(CC)(C(=O)OC)C1(C)C. The van der Waals surface area contributed by atoms with Crippen LogP contribution in [-0.2, 0) is 20.9 Å². The van der Waals surface area contributed by atoms with Crippen molar-refractivity contribution in [2.45, 2.75) is 39.3 Å². The second-order valence-electron chi connectivity index (χ2n) is 6.55. The molecule has 0 N–H and O–H groups in total. The molecule has 1 aliphatic heterocycles. The van der Waals surface area contributed by atoms with Crippen LogP contribution in [0.15, 0.2) is 36.4 Å². The fourth-order valence-corrected chi connectivity index (χ4v) is 3.62. The number of esters is 1. The van der Waals surface area contributed by atoms with Crippen molar-refractivity contribution in [2.75, 3.05) is 14.2 Å². The van der Waals surface area contributed by atoms with Gasteiger partial charge in [0.15, 0.2) is 0 Å². The van der Waals surface area contributed by atoms with Crippen LogP contribution in [-0.4, -0.2) is 36.5 Å². The van der Waals surface area contributed by atoms with E-state index in [2.05, 4.69) is 6.58 Å². The molecule has 5 nitrogen and oxygen atoms in total. The summed E-state index contributed by atoms with van der Waals surface area (Å²) in [7, 11) is 2.96. The number of ether oxygens (including phenoxy) is 2. The molecule has 1 aromatic rings. The summed E-state index contributed by atoms with van der Waals surface area (Å²) in [6.07, 6.45) is 0.452. The Kier molecular flexibility index (Phi) is 4.74. The molecule has 1 heterocycles. The van der Waals surface area contributed by atoms with Crippen molar-refractivity contribution < 1.29 is 19.1 Å². The number of hydrogen-bond donors (Lipinski definition) is 0. The molecule has 0 bridgehead atoms. The zero-order valence-electron chi connectivity index (χ0n) is 15.0. The highest BCUT2D eigenvalue weighted by Gasteiger charge is 2.64. The lowest BCUT2D eigenvalue weighted by Gasteiger charge is -2.43. The second-order valence-corrected chi connectivity index (χ2v) is 6.55. The van der Waals surface area contributed by atoms with Gasteiger partial charge in [-0.1, -0.05) is 39.5 Å². The monoisotopic (exact) mass is 331 g/mol. The molecule has 1 unspecified atom stereocenters. The molecule has 1 aliphatic rings. The third-order valence-electron chi connectivity index (χ3n) is 5.29. The van der Waals surface area contributed by atoms with Crippen LogP contribution in [0.1, 0.15) is 32.8 Å². The molecule has 0 radical (unpaired) electrons. The van der Waals surface area contributed by atoms with Crippen molar-refractivity contribution in [3.05, 3.63) is 42.0 Å². The number of benzene rings is 1. The fourth-order valence-electron chi connectivity index (χ4n) is 3.62. The lowest BCUT2D eigenvalue weighted by atomic mass is 9.69. The van der Waals surface area contributed by atoms with Gasteiger partial charge < -0.3 is 14.4 Å². The van der Waals surface area contributed by atoms with Crippen LogP contribution in [0.2, 0.25) is 0 Å². The first-order chi connectivity index (χ1) is 11.3. The van der Waals surface area contributed by atoms with Crippen molar-refractivity contribution in [3.8, 4) is 5.75 Å². The van der Waals surface area contributed by atoms with E-state index in [4.69, 9.17) is 9.47 Å². The standard InChI is InChI=1S/C19H25NO4/c1-7-19(17(22)24-6)18(3,4)13(2)16(21)20(19)12-14-8-10-15(23-5)11-9-14/h8-11H,2,7,12H2,1,3-6H3. The summed E-state index contributed by atoms with van der Waals surface area (Å²) in [6.45, 7) is 9.91. The highest BCUT2D eigenvalue weighted by molar-refractivity contribution is 6.04. The molecule has 1 saturated heterocycles. The van der Waals surface area contributed by atoms with Gasteiger partial charge in [-0.25, -0.2) is 4.79 Å². The Morgan fingerprint density at radius 2 is 1.79 bits per heavy atom. The Balaban J connectivity index is 2.49. The third kappa shape index (κ3) is 2.39. The fraction of sp³-hybridized carbons (Fsp3) is 0.474. The second kappa shape index (κ2) is 6.30. The zero-order valence-corrected chi connectivity index (χ0v) is 15.0. The predicted molar refractivity (Wildman–Crippen MR) is 91.5 cm³/mol. The average Bonchev–Trinajstić information content (AvgIpc) is 2.73. The molecule has 2 rings (SSSR count). The quantitative estimate of drug-likeness (QED) is 0.615. The highest BCUT2D eigenvalue weighted by Crippen LogP contribution is 2.51. The van der Waals surface area contributed by atoms with Gasteiger partial charge in [0.25, 0.3) is 5.91 Å². The van der Waals surface area contributed by atoms with E-state index in [-0.39, 0.29) is 5.91 Å². The third-order valence-corrected chi connectivity index (χ3v) is 5.29. The van der Waals surface area contributed by atoms with E-state index < -0.39 is 16.9 Å². The summed E-state index contributed by atoms with van der Waals surface area (Å²) >= 11 is 0. The highest BCUT2D eigenvalue weighted by atomic mass is 16.5. The maximum Gasteiger partial charge on any atom is 0.332 e. The summed E-state index contributed by atoms with van der Waals surface area (Å²) in [5.41, 5.74) is -0.423. The van der Waals surface area contributed by atoms with Gasteiger partial charge in [0, 0.05) is 17.5 Å². The van der Waals surface area contributed by atoms with Crippen molar-refractivity contribution in [3.63, 3.8) is 0 Å². The Hall–Kier alpha value is -2.30. The van der Waals surface area contributed by atoms with Gasteiger partial charge in [-0.05, 0) is 24.1 Å². The van der Waals surface area contributed by atoms with Crippen LogP contribution in [0.3, 0.4) is 0 Å². The normalized spacial score (nSPS) is 22.6. The Morgan fingerprint density at radius 1 is 1.21 bits per heavy atom. The molecule has 5 heteroatoms. The Morgan fingerprint density at radius 3 is 2.25 bits per heavy atom. The van der Waals surface area contributed by atoms with Crippen LogP contribution < -0.4 is 4.74 Å². The molecule has 1 amide bonds. The predicted octanol–water partition coefficient (Wildman–Crippen LogP) is 2.94. The Labute approximate surface area is 143 Å². The average molecular weight is 331 g/mol. The molecular weight excluding hydrogens is 306 g/mol. The van der Waals surface area contributed by atoms with E-state index in [1.165, 1.54) is 7.11 Å². The van der Waals surface area contributed by atoms with Gasteiger partial charge in [0.05, 0.1) is 14.2 Å². The minimum absolute atomic E-state index is 0.205. The number of carbonyl (C=O) groups is 2. The number of nitrogens with zero attached hydrogens (tertiary/aromatic N) is 1. The first-order valence-electron chi connectivity index (χ1n) is 7.99. The van der Waals surface area contributed by atoms with Crippen molar-refractivity contribution >= 4 is 11.9 Å². The van der Waals surface area contributed by atoms with Gasteiger partial charge in [0.2, 0.25) is 0 Å². The summed E-state index contributed by atoms with van der Waals surface area (Å²) in [4.78, 5) is 27.1. The molecular formula is C19H25NO4. The first kappa shape index (κ1) is 18.0. The van der Waals surface area contributed by atoms with Crippen LogP contribution >= 0.6 is 0 Å². The number of methoxy groups -OCH3 is 2. The molecule has 0 aromatic heterocycles. The maximum absolute atomic E-state index is 12.8. The summed E-state index contributed by atoms with van der Waals surface area (Å²) in [5, 5.41) is 0. The molecule has 0 saturated carbocycles. The lowest BCUT2D eigenvalue weighted by Crippen LogP contribution is -2.58. The van der Waals surface area contributed by atoms with Gasteiger partial charge in [-0.2, -0.15) is 0 Å². The molecule has 0 spiro atoms. The molecule has 1 atom stereocenters. The van der Waals surface area contributed by atoms with Gasteiger partial charge >= 0.3 is 5.97 Å². The lowest BCUT2D eigenvalue weighted by molar-refractivity contribution is -0.163.